The number of nitrogens with two attached hydrogens (primary N) is 1. The van der Waals surface area contributed by atoms with E-state index in [-0.39, 0.29) is 10.7 Å². The van der Waals surface area contributed by atoms with Crippen molar-refractivity contribution in [3.63, 3.8) is 0 Å². The zero-order valence-corrected chi connectivity index (χ0v) is 11.5. The number of benzene rings is 1. The van der Waals surface area contributed by atoms with Crippen molar-refractivity contribution >= 4 is 17.7 Å². The van der Waals surface area contributed by atoms with Gasteiger partial charge in [0, 0.05) is 11.3 Å². The number of hydrogen-bond acceptors (Lipinski definition) is 3. The van der Waals surface area contributed by atoms with Gasteiger partial charge in [-0.25, -0.2) is 0 Å². The Morgan fingerprint density at radius 1 is 1.44 bits per heavy atom. The first-order valence-corrected chi connectivity index (χ1v) is 7.53. The third-order valence-electron chi connectivity index (χ3n) is 3.72. The van der Waals surface area contributed by atoms with Crippen LogP contribution in [-0.2, 0) is 4.79 Å². The maximum absolute atomic E-state index is 12.0. The van der Waals surface area contributed by atoms with E-state index in [9.17, 15) is 4.79 Å². The Morgan fingerprint density at radius 3 is 2.61 bits per heavy atom. The van der Waals surface area contributed by atoms with Crippen LogP contribution >= 0.6 is 11.8 Å². The van der Waals surface area contributed by atoms with Crippen LogP contribution in [0.3, 0.4) is 0 Å². The normalized spacial score (nSPS) is 18.8. The number of rotatable bonds is 5. The van der Waals surface area contributed by atoms with E-state index in [1.165, 1.54) is 19.3 Å². The maximum atomic E-state index is 12.0. The lowest BCUT2D eigenvalue weighted by molar-refractivity contribution is -0.122. The largest absolute Gasteiger partial charge is 0.353 e. The van der Waals surface area contributed by atoms with Crippen molar-refractivity contribution in [1.29, 1.82) is 0 Å². The van der Waals surface area contributed by atoms with Crippen LogP contribution < -0.4 is 11.1 Å². The minimum Gasteiger partial charge on any atom is -0.353 e. The molecule has 0 saturated heterocycles. The molecule has 3 nitrogen and oxygen atoms in total. The van der Waals surface area contributed by atoms with Gasteiger partial charge in [-0.2, -0.15) is 11.8 Å². The Hall–Kier alpha value is -1.00. The average molecular weight is 264 g/mol. The summed E-state index contributed by atoms with van der Waals surface area (Å²) in [6.45, 7) is 0.730. The summed E-state index contributed by atoms with van der Waals surface area (Å²) in [5, 5.41) is 2.99. The van der Waals surface area contributed by atoms with E-state index in [1.807, 2.05) is 42.1 Å². The van der Waals surface area contributed by atoms with Gasteiger partial charge in [0.15, 0.2) is 0 Å². The summed E-state index contributed by atoms with van der Waals surface area (Å²) in [5.41, 5.74) is 6.81. The lowest BCUT2D eigenvalue weighted by atomic mass is 9.84. The van der Waals surface area contributed by atoms with Crippen LogP contribution in [0.4, 0.5) is 0 Å². The molecule has 98 valence electrons. The van der Waals surface area contributed by atoms with Crippen molar-refractivity contribution in [1.82, 2.24) is 5.32 Å². The fourth-order valence-electron chi connectivity index (χ4n) is 2.19. The first-order chi connectivity index (χ1) is 8.67. The lowest BCUT2D eigenvalue weighted by Gasteiger charge is -2.40. The predicted molar refractivity (Wildman–Crippen MR) is 76.5 cm³/mol. The number of carbonyl (C=O) groups is 1. The summed E-state index contributed by atoms with van der Waals surface area (Å²) in [7, 11) is 0. The quantitative estimate of drug-likeness (QED) is 0.856. The number of nitrogens with one attached hydrogen (secondary N) is 1. The van der Waals surface area contributed by atoms with Gasteiger partial charge in [0.05, 0.1) is 0 Å². The number of carbonyl (C=O) groups excluding carboxylic acids is 1. The molecule has 0 spiro atoms. The molecule has 1 amide bonds. The average Bonchev–Trinajstić information content (AvgIpc) is 2.38. The van der Waals surface area contributed by atoms with Gasteiger partial charge in [-0.05, 0) is 24.7 Å². The van der Waals surface area contributed by atoms with Crippen LogP contribution in [0.2, 0.25) is 0 Å². The van der Waals surface area contributed by atoms with Crippen LogP contribution in [0.5, 0.6) is 0 Å². The summed E-state index contributed by atoms with van der Waals surface area (Å²) in [4.78, 5) is 12.0. The van der Waals surface area contributed by atoms with Gasteiger partial charge in [-0.3, -0.25) is 4.79 Å². The van der Waals surface area contributed by atoms with Gasteiger partial charge >= 0.3 is 0 Å². The molecular formula is C14H20N2OS. The highest BCUT2D eigenvalue weighted by molar-refractivity contribution is 8.00. The van der Waals surface area contributed by atoms with Crippen LogP contribution in [0, 0.1) is 0 Å². The summed E-state index contributed by atoms with van der Waals surface area (Å²) >= 11 is 1.85. The van der Waals surface area contributed by atoms with Crippen LogP contribution in [0.25, 0.3) is 0 Å². The molecule has 0 radical (unpaired) electrons. The molecule has 0 aliphatic heterocycles. The summed E-state index contributed by atoms with van der Waals surface area (Å²) in [6, 6.07) is 8.93. The zero-order valence-electron chi connectivity index (χ0n) is 10.7. The Bertz CT molecular complexity index is 398. The van der Waals surface area contributed by atoms with E-state index >= 15 is 0 Å². The Balaban J connectivity index is 1.88. The van der Waals surface area contributed by atoms with Gasteiger partial charge in [0.2, 0.25) is 5.91 Å². The standard InChI is InChI=1S/C14H20N2OS/c1-18-14(8-5-9-14)10-16-13(17)12(15)11-6-3-2-4-7-11/h2-4,6-7,12H,5,8-10,15H2,1H3,(H,16,17)/t12-/m0/s1. The molecule has 0 aromatic heterocycles. The van der Waals surface area contributed by atoms with E-state index in [2.05, 4.69) is 11.6 Å². The Morgan fingerprint density at radius 2 is 2.11 bits per heavy atom. The minimum absolute atomic E-state index is 0.0819. The highest BCUT2D eigenvalue weighted by atomic mass is 32.2. The lowest BCUT2D eigenvalue weighted by Crippen LogP contribution is -2.47. The molecule has 0 bridgehead atoms. The smallest absolute Gasteiger partial charge is 0.241 e. The second-order valence-corrected chi connectivity index (χ2v) is 6.12. The molecule has 1 aliphatic carbocycles. The second kappa shape index (κ2) is 5.76. The van der Waals surface area contributed by atoms with Crippen molar-refractivity contribution in [2.24, 2.45) is 5.73 Å². The highest BCUT2D eigenvalue weighted by Crippen LogP contribution is 2.42. The Labute approximate surface area is 113 Å². The van der Waals surface area contributed by atoms with Crippen molar-refractivity contribution in [3.8, 4) is 0 Å². The van der Waals surface area contributed by atoms with Crippen molar-refractivity contribution in [2.75, 3.05) is 12.8 Å². The summed E-state index contributed by atoms with van der Waals surface area (Å²) in [6.07, 6.45) is 5.76. The van der Waals surface area contributed by atoms with Crippen molar-refractivity contribution in [3.05, 3.63) is 35.9 Å². The second-order valence-electron chi connectivity index (χ2n) is 4.85. The SMILES string of the molecule is CSC1(CNC(=O)[C@@H](N)c2ccccc2)CCC1. The number of amides is 1. The van der Waals surface area contributed by atoms with E-state index in [0.29, 0.717) is 0 Å². The first kappa shape index (κ1) is 13.4. The minimum atomic E-state index is -0.565. The number of thioether (sulfide) groups is 1. The monoisotopic (exact) mass is 264 g/mol. The molecule has 3 N–H and O–H groups in total. The summed E-state index contributed by atoms with van der Waals surface area (Å²) in [5.74, 6) is -0.0819. The fraction of sp³-hybridized carbons (Fsp3) is 0.500. The van der Waals surface area contributed by atoms with E-state index in [4.69, 9.17) is 5.73 Å². The molecule has 1 aliphatic rings. The van der Waals surface area contributed by atoms with Gasteiger partial charge < -0.3 is 11.1 Å². The molecule has 18 heavy (non-hydrogen) atoms. The fourth-order valence-corrected chi connectivity index (χ4v) is 3.11. The van der Waals surface area contributed by atoms with Crippen LogP contribution in [0.15, 0.2) is 30.3 Å². The topological polar surface area (TPSA) is 55.1 Å². The van der Waals surface area contributed by atoms with E-state index in [0.717, 1.165) is 12.1 Å². The zero-order chi connectivity index (χ0) is 13.0. The third-order valence-corrected chi connectivity index (χ3v) is 5.14. The molecule has 1 aromatic carbocycles. The molecular weight excluding hydrogens is 244 g/mol. The third kappa shape index (κ3) is 2.87. The molecule has 1 aromatic rings. The summed E-state index contributed by atoms with van der Waals surface area (Å²) < 4.78 is 0.256. The van der Waals surface area contributed by atoms with Gasteiger partial charge in [0.1, 0.15) is 6.04 Å². The van der Waals surface area contributed by atoms with Gasteiger partial charge in [0.25, 0.3) is 0 Å². The Kier molecular flexibility index (Phi) is 4.30. The molecule has 1 atom stereocenters. The molecule has 2 rings (SSSR count). The number of hydrogen-bond donors (Lipinski definition) is 2. The van der Waals surface area contributed by atoms with Gasteiger partial charge in [-0.1, -0.05) is 36.8 Å². The molecule has 1 fully saturated rings. The van der Waals surface area contributed by atoms with Crippen LogP contribution in [0.1, 0.15) is 30.9 Å². The molecule has 1 saturated carbocycles. The molecule has 0 heterocycles. The molecule has 4 heteroatoms. The molecule has 0 unspecified atom stereocenters. The van der Waals surface area contributed by atoms with Crippen LogP contribution in [-0.4, -0.2) is 23.5 Å². The van der Waals surface area contributed by atoms with E-state index in [1.54, 1.807) is 0 Å². The highest BCUT2D eigenvalue weighted by Gasteiger charge is 2.36. The van der Waals surface area contributed by atoms with Crippen molar-refractivity contribution in [2.45, 2.75) is 30.1 Å². The first-order valence-electron chi connectivity index (χ1n) is 6.30. The van der Waals surface area contributed by atoms with Crippen molar-refractivity contribution < 1.29 is 4.79 Å². The van der Waals surface area contributed by atoms with Gasteiger partial charge in [-0.15, -0.1) is 0 Å². The van der Waals surface area contributed by atoms with E-state index < -0.39 is 6.04 Å². The predicted octanol–water partition coefficient (Wildman–Crippen LogP) is 2.09. The maximum Gasteiger partial charge on any atom is 0.241 e.